The first-order valence-electron chi connectivity index (χ1n) is 11.4. The molecule has 0 bridgehead atoms. The molecule has 2 amide bonds. The van der Waals surface area contributed by atoms with Gasteiger partial charge in [-0.25, -0.2) is 0 Å². The molecule has 0 aliphatic rings. The third-order valence-corrected chi connectivity index (χ3v) is 6.98. The Labute approximate surface area is 215 Å². The van der Waals surface area contributed by atoms with Crippen molar-refractivity contribution in [1.82, 2.24) is 10.2 Å². The number of halogens is 1. The molecule has 0 aliphatic heterocycles. The van der Waals surface area contributed by atoms with E-state index in [1.807, 2.05) is 67.6 Å². The van der Waals surface area contributed by atoms with E-state index in [4.69, 9.17) is 0 Å². The van der Waals surface area contributed by atoms with Gasteiger partial charge in [0.15, 0.2) is 0 Å². The number of carbonyl (C=O) groups is 2. The number of carbonyl (C=O) groups excluding carboxylic acids is 2. The van der Waals surface area contributed by atoms with Crippen LogP contribution in [-0.4, -0.2) is 35.1 Å². The molecule has 0 saturated carbocycles. The van der Waals surface area contributed by atoms with Crippen LogP contribution in [0.15, 0.2) is 83.3 Å². The van der Waals surface area contributed by atoms with Crippen LogP contribution in [-0.2, 0) is 28.3 Å². The van der Waals surface area contributed by atoms with E-state index in [0.29, 0.717) is 25.3 Å². The minimum Gasteiger partial charge on any atom is -0.355 e. The van der Waals surface area contributed by atoms with Gasteiger partial charge in [0.05, 0.1) is 5.75 Å². The molecule has 34 heavy (non-hydrogen) atoms. The first-order chi connectivity index (χ1) is 16.5. The van der Waals surface area contributed by atoms with Crippen molar-refractivity contribution in [2.45, 2.75) is 38.6 Å². The maximum atomic E-state index is 13.5. The van der Waals surface area contributed by atoms with Gasteiger partial charge in [-0.1, -0.05) is 88.2 Å². The molecule has 0 aliphatic carbocycles. The highest BCUT2D eigenvalue weighted by atomic mass is 79.9. The maximum absolute atomic E-state index is 13.5. The Morgan fingerprint density at radius 2 is 1.65 bits per heavy atom. The zero-order chi connectivity index (χ0) is 24.3. The number of aryl methyl sites for hydroxylation is 1. The highest BCUT2D eigenvalue weighted by molar-refractivity contribution is 9.10. The van der Waals surface area contributed by atoms with Crippen molar-refractivity contribution in [3.8, 4) is 0 Å². The summed E-state index contributed by atoms with van der Waals surface area (Å²) in [6.45, 7) is 4.87. The molecule has 0 unspecified atom stereocenters. The monoisotopic (exact) mass is 538 g/mol. The quantitative estimate of drug-likeness (QED) is 0.337. The van der Waals surface area contributed by atoms with E-state index in [2.05, 4.69) is 46.4 Å². The summed E-state index contributed by atoms with van der Waals surface area (Å²) in [7, 11) is 0. The van der Waals surface area contributed by atoms with Crippen LogP contribution in [0.1, 0.15) is 29.2 Å². The average molecular weight is 540 g/mol. The summed E-state index contributed by atoms with van der Waals surface area (Å²) in [5.41, 5.74) is 4.42. The summed E-state index contributed by atoms with van der Waals surface area (Å²) in [5.74, 6) is 0.910. The van der Waals surface area contributed by atoms with E-state index < -0.39 is 6.04 Å². The van der Waals surface area contributed by atoms with Crippen LogP contribution >= 0.6 is 27.7 Å². The molecule has 3 rings (SSSR count). The Hall–Kier alpha value is -2.57. The number of benzene rings is 3. The summed E-state index contributed by atoms with van der Waals surface area (Å²) < 4.78 is 0.979. The Kier molecular flexibility index (Phi) is 10.2. The van der Waals surface area contributed by atoms with E-state index in [0.717, 1.165) is 21.4 Å². The highest BCUT2D eigenvalue weighted by Gasteiger charge is 2.30. The molecule has 0 radical (unpaired) electrons. The summed E-state index contributed by atoms with van der Waals surface area (Å²) in [4.78, 5) is 28.4. The third-order valence-electron chi connectivity index (χ3n) is 5.47. The summed E-state index contributed by atoms with van der Waals surface area (Å²) >= 11 is 5.05. The van der Waals surface area contributed by atoms with Crippen molar-refractivity contribution in [1.29, 1.82) is 0 Å². The SMILES string of the molecule is CCNC(=O)[C@@H](Cc1ccccc1)N(Cc1ccc(Br)cc1)C(=O)CSCc1cccc(C)c1. The van der Waals surface area contributed by atoms with Crippen LogP contribution in [0.4, 0.5) is 0 Å². The summed E-state index contributed by atoms with van der Waals surface area (Å²) in [5, 5.41) is 2.94. The highest BCUT2D eigenvalue weighted by Crippen LogP contribution is 2.20. The fourth-order valence-electron chi connectivity index (χ4n) is 3.77. The van der Waals surface area contributed by atoms with Crippen molar-refractivity contribution in [2.24, 2.45) is 0 Å². The van der Waals surface area contributed by atoms with Crippen molar-refractivity contribution < 1.29 is 9.59 Å². The van der Waals surface area contributed by atoms with Gasteiger partial charge in [0.25, 0.3) is 0 Å². The lowest BCUT2D eigenvalue weighted by Crippen LogP contribution is -2.51. The number of amides is 2. The first-order valence-corrected chi connectivity index (χ1v) is 13.4. The molecule has 4 nitrogen and oxygen atoms in total. The molecule has 3 aromatic carbocycles. The predicted octanol–water partition coefficient (Wildman–Crippen LogP) is 5.77. The lowest BCUT2D eigenvalue weighted by atomic mass is 10.0. The molecule has 0 aromatic heterocycles. The van der Waals surface area contributed by atoms with Gasteiger partial charge in [-0.15, -0.1) is 11.8 Å². The lowest BCUT2D eigenvalue weighted by molar-refractivity contribution is -0.139. The Bertz CT molecular complexity index is 1070. The van der Waals surface area contributed by atoms with Crippen LogP contribution in [0.3, 0.4) is 0 Å². The zero-order valence-corrected chi connectivity index (χ0v) is 22.1. The Morgan fingerprint density at radius 1 is 0.941 bits per heavy atom. The van der Waals surface area contributed by atoms with Crippen LogP contribution in [0.25, 0.3) is 0 Å². The van der Waals surface area contributed by atoms with Crippen molar-refractivity contribution >= 4 is 39.5 Å². The van der Waals surface area contributed by atoms with Gasteiger partial charge >= 0.3 is 0 Å². The second-order valence-electron chi connectivity index (χ2n) is 8.23. The standard InChI is InChI=1S/C28H31BrN2O2S/c1-3-30-28(33)26(17-22-9-5-4-6-10-22)31(18-23-12-14-25(29)15-13-23)27(32)20-34-19-24-11-7-8-21(2)16-24/h4-16,26H,3,17-20H2,1-2H3,(H,30,33)/t26-/m1/s1. The van der Waals surface area contributed by atoms with Gasteiger partial charge in [-0.05, 0) is 42.7 Å². The molecule has 6 heteroatoms. The summed E-state index contributed by atoms with van der Waals surface area (Å²) in [6.07, 6.45) is 0.470. The number of hydrogen-bond acceptors (Lipinski definition) is 3. The summed E-state index contributed by atoms with van der Waals surface area (Å²) in [6, 6.07) is 25.5. The molecule has 0 fully saturated rings. The minimum atomic E-state index is -0.585. The first kappa shape index (κ1) is 26.0. The molecule has 0 spiro atoms. The lowest BCUT2D eigenvalue weighted by Gasteiger charge is -2.31. The van der Waals surface area contributed by atoms with Gasteiger partial charge in [0.1, 0.15) is 6.04 Å². The van der Waals surface area contributed by atoms with Crippen molar-refractivity contribution in [3.05, 3.63) is 106 Å². The number of likely N-dealkylation sites (N-methyl/N-ethyl adjacent to an activating group) is 1. The Balaban J connectivity index is 1.81. The van der Waals surface area contributed by atoms with Gasteiger partial charge < -0.3 is 10.2 Å². The average Bonchev–Trinajstić information content (AvgIpc) is 2.83. The maximum Gasteiger partial charge on any atom is 0.243 e. The fourth-order valence-corrected chi connectivity index (χ4v) is 4.90. The number of nitrogens with zero attached hydrogens (tertiary/aromatic N) is 1. The van der Waals surface area contributed by atoms with Gasteiger partial charge in [-0.2, -0.15) is 0 Å². The van der Waals surface area contributed by atoms with Crippen LogP contribution < -0.4 is 5.32 Å². The van der Waals surface area contributed by atoms with E-state index in [-0.39, 0.29) is 11.8 Å². The number of nitrogens with one attached hydrogen (secondary N) is 1. The number of thioether (sulfide) groups is 1. The molecule has 1 atom stereocenters. The molecule has 0 heterocycles. The van der Waals surface area contributed by atoms with Crippen LogP contribution in [0.2, 0.25) is 0 Å². The topological polar surface area (TPSA) is 49.4 Å². The zero-order valence-electron chi connectivity index (χ0n) is 19.7. The molecule has 0 saturated heterocycles. The predicted molar refractivity (Wildman–Crippen MR) is 145 cm³/mol. The molecule has 178 valence electrons. The third kappa shape index (κ3) is 8.03. The van der Waals surface area contributed by atoms with E-state index in [1.165, 1.54) is 11.1 Å². The van der Waals surface area contributed by atoms with E-state index in [1.54, 1.807) is 16.7 Å². The molecule has 1 N–H and O–H groups in total. The van der Waals surface area contributed by atoms with Gasteiger partial charge in [0.2, 0.25) is 11.8 Å². The molecular formula is C28H31BrN2O2S. The number of rotatable bonds is 11. The molecular weight excluding hydrogens is 508 g/mol. The smallest absolute Gasteiger partial charge is 0.243 e. The van der Waals surface area contributed by atoms with Gasteiger partial charge in [-0.3, -0.25) is 9.59 Å². The van der Waals surface area contributed by atoms with E-state index in [9.17, 15) is 9.59 Å². The normalized spacial score (nSPS) is 11.6. The number of hydrogen-bond donors (Lipinski definition) is 1. The van der Waals surface area contributed by atoms with Crippen molar-refractivity contribution in [3.63, 3.8) is 0 Å². The molecule has 3 aromatic rings. The van der Waals surface area contributed by atoms with Crippen LogP contribution in [0.5, 0.6) is 0 Å². The largest absolute Gasteiger partial charge is 0.355 e. The Morgan fingerprint density at radius 3 is 2.32 bits per heavy atom. The fraction of sp³-hybridized carbons (Fsp3) is 0.286. The second kappa shape index (κ2) is 13.4. The van der Waals surface area contributed by atoms with Crippen molar-refractivity contribution in [2.75, 3.05) is 12.3 Å². The second-order valence-corrected chi connectivity index (χ2v) is 10.1. The van der Waals surface area contributed by atoms with Crippen LogP contribution in [0, 0.1) is 6.92 Å². The van der Waals surface area contributed by atoms with E-state index >= 15 is 0 Å². The minimum absolute atomic E-state index is 0.0345. The van der Waals surface area contributed by atoms with Gasteiger partial charge in [0, 0.05) is 29.7 Å².